The van der Waals surface area contributed by atoms with E-state index < -0.39 is 12.1 Å². The predicted octanol–water partition coefficient (Wildman–Crippen LogP) is 0.177. The lowest BCUT2D eigenvalue weighted by molar-refractivity contribution is -0.143. The Morgan fingerprint density at radius 3 is 3.08 bits per heavy atom. The highest BCUT2D eigenvalue weighted by Crippen LogP contribution is 1.99. The topological polar surface area (TPSA) is 78.9 Å². The summed E-state index contributed by atoms with van der Waals surface area (Å²) in [6.07, 6.45) is 0.538. The van der Waals surface area contributed by atoms with Crippen LogP contribution in [0.4, 0.5) is 4.39 Å². The van der Waals surface area contributed by atoms with Gasteiger partial charge in [0.05, 0.1) is 18.3 Å². The summed E-state index contributed by atoms with van der Waals surface area (Å²) in [6.45, 7) is -0.378. The van der Waals surface area contributed by atoms with Gasteiger partial charge in [-0.1, -0.05) is 0 Å². The second kappa shape index (κ2) is 3.67. The Morgan fingerprint density at radius 2 is 2.62 bits per heavy atom. The van der Waals surface area contributed by atoms with Crippen LogP contribution in [0.5, 0.6) is 0 Å². The van der Waals surface area contributed by atoms with Gasteiger partial charge in [-0.3, -0.25) is 4.68 Å². The molecule has 6 heteroatoms. The van der Waals surface area contributed by atoms with Gasteiger partial charge < -0.3 is 5.11 Å². The van der Waals surface area contributed by atoms with Gasteiger partial charge in [-0.25, -0.2) is 9.18 Å². The smallest absolute Gasteiger partial charge is 0.340 e. The Morgan fingerprint density at radius 1 is 1.92 bits per heavy atom. The first-order valence-corrected chi connectivity index (χ1v) is 3.43. The fourth-order valence-electron chi connectivity index (χ4n) is 0.763. The first kappa shape index (κ1) is 9.19. The molecule has 1 N–H and O–H groups in total. The number of aromatic nitrogens is 2. The maximum Gasteiger partial charge on any atom is 0.340 e. The summed E-state index contributed by atoms with van der Waals surface area (Å²) in [6, 6.07) is 1.80. The van der Waals surface area contributed by atoms with Crippen LogP contribution in [0.1, 0.15) is 5.56 Å². The molecule has 1 aromatic rings. The second-order valence-corrected chi connectivity index (χ2v) is 2.37. The van der Waals surface area contributed by atoms with Crippen molar-refractivity contribution in [1.29, 1.82) is 5.26 Å². The molecule has 0 radical (unpaired) electrons. The molecule has 1 heterocycles. The van der Waals surface area contributed by atoms with Crippen molar-refractivity contribution in [3.63, 3.8) is 0 Å². The van der Waals surface area contributed by atoms with E-state index in [9.17, 15) is 9.18 Å². The molecule has 68 valence electrons. The molecule has 0 aliphatic carbocycles. The van der Waals surface area contributed by atoms with E-state index in [1.807, 2.05) is 0 Å². The lowest BCUT2D eigenvalue weighted by atomic mass is 10.4. The van der Waals surface area contributed by atoms with Crippen LogP contribution < -0.4 is 0 Å². The Hall–Kier alpha value is -1.90. The molecule has 5 nitrogen and oxygen atoms in total. The largest absolute Gasteiger partial charge is 0.479 e. The minimum atomic E-state index is -1.99. The van der Waals surface area contributed by atoms with Crippen LogP contribution in [0.25, 0.3) is 0 Å². The minimum absolute atomic E-state index is 0.276. The van der Waals surface area contributed by atoms with Gasteiger partial charge >= 0.3 is 5.97 Å². The third kappa shape index (κ3) is 2.27. The van der Waals surface area contributed by atoms with Gasteiger partial charge in [-0.2, -0.15) is 10.4 Å². The molecule has 13 heavy (non-hydrogen) atoms. The van der Waals surface area contributed by atoms with Crippen molar-refractivity contribution in [2.75, 3.05) is 0 Å². The van der Waals surface area contributed by atoms with E-state index in [0.29, 0.717) is 0 Å². The van der Waals surface area contributed by atoms with Crippen LogP contribution in [0.3, 0.4) is 0 Å². The van der Waals surface area contributed by atoms with Gasteiger partial charge in [0.15, 0.2) is 0 Å². The monoisotopic (exact) mass is 183 g/mol. The van der Waals surface area contributed by atoms with Crippen molar-refractivity contribution in [1.82, 2.24) is 9.78 Å². The average molecular weight is 183 g/mol. The van der Waals surface area contributed by atoms with E-state index in [-0.39, 0.29) is 12.1 Å². The third-order valence-electron chi connectivity index (χ3n) is 1.38. The molecular formula is C7H6FN3O2. The maximum absolute atomic E-state index is 12.6. The molecule has 0 amide bonds. The zero-order valence-corrected chi connectivity index (χ0v) is 6.51. The number of rotatable bonds is 3. The van der Waals surface area contributed by atoms with Gasteiger partial charge in [0.2, 0.25) is 6.17 Å². The minimum Gasteiger partial charge on any atom is -0.479 e. The first-order valence-electron chi connectivity index (χ1n) is 3.43. The van der Waals surface area contributed by atoms with E-state index >= 15 is 0 Å². The highest BCUT2D eigenvalue weighted by atomic mass is 19.1. The molecule has 0 bridgehead atoms. The van der Waals surface area contributed by atoms with Crippen LogP contribution in [0.15, 0.2) is 12.4 Å². The summed E-state index contributed by atoms with van der Waals surface area (Å²) in [5.74, 6) is -1.53. The molecule has 1 rings (SSSR count). The number of hydrogen-bond donors (Lipinski definition) is 1. The van der Waals surface area contributed by atoms with Gasteiger partial charge in [0.1, 0.15) is 6.07 Å². The lowest BCUT2D eigenvalue weighted by Gasteiger charge is -2.01. The number of carboxylic acid groups (broad SMARTS) is 1. The van der Waals surface area contributed by atoms with E-state index in [0.717, 1.165) is 4.68 Å². The molecule has 0 saturated heterocycles. The second-order valence-electron chi connectivity index (χ2n) is 2.37. The predicted molar refractivity (Wildman–Crippen MR) is 39.5 cm³/mol. The van der Waals surface area contributed by atoms with Crippen molar-refractivity contribution < 1.29 is 14.3 Å². The highest BCUT2D eigenvalue weighted by Gasteiger charge is 2.16. The molecule has 0 fully saturated rings. The lowest BCUT2D eigenvalue weighted by Crippen LogP contribution is -2.21. The van der Waals surface area contributed by atoms with Crippen LogP contribution in [0.2, 0.25) is 0 Å². The van der Waals surface area contributed by atoms with Crippen molar-refractivity contribution in [2.45, 2.75) is 12.7 Å². The number of hydrogen-bond acceptors (Lipinski definition) is 3. The molecular weight excluding hydrogens is 177 g/mol. The quantitative estimate of drug-likeness (QED) is 0.724. The standard InChI is InChI=1S/C7H6FN3O2/c8-6(7(12)13)4-11-3-5(1-9)2-10-11/h2-3,6H,4H2,(H,12,13). The zero-order valence-electron chi connectivity index (χ0n) is 6.51. The summed E-state index contributed by atoms with van der Waals surface area (Å²) in [7, 11) is 0. The molecule has 0 aliphatic rings. The Balaban J connectivity index is 2.65. The van der Waals surface area contributed by atoms with Crippen LogP contribution in [0, 0.1) is 11.3 Å². The van der Waals surface area contributed by atoms with Crippen LogP contribution >= 0.6 is 0 Å². The van der Waals surface area contributed by atoms with Gasteiger partial charge in [-0.15, -0.1) is 0 Å². The Kier molecular flexibility index (Phi) is 2.59. The molecule has 0 aliphatic heterocycles. The van der Waals surface area contributed by atoms with Crippen LogP contribution in [-0.2, 0) is 11.3 Å². The van der Waals surface area contributed by atoms with E-state index in [1.54, 1.807) is 6.07 Å². The Bertz CT molecular complexity index is 355. The molecule has 0 saturated carbocycles. The SMILES string of the molecule is N#Cc1cnn(CC(F)C(=O)O)c1. The number of nitrogens with zero attached hydrogens (tertiary/aromatic N) is 3. The van der Waals surface area contributed by atoms with E-state index in [4.69, 9.17) is 10.4 Å². The number of halogens is 1. The maximum atomic E-state index is 12.6. The average Bonchev–Trinajstić information content (AvgIpc) is 2.52. The molecule has 0 spiro atoms. The molecule has 1 unspecified atom stereocenters. The van der Waals surface area contributed by atoms with Crippen molar-refractivity contribution in [2.24, 2.45) is 0 Å². The molecule has 0 aromatic carbocycles. The van der Waals surface area contributed by atoms with E-state index in [2.05, 4.69) is 5.10 Å². The number of alkyl halides is 1. The zero-order chi connectivity index (χ0) is 9.84. The fraction of sp³-hybridized carbons (Fsp3) is 0.286. The van der Waals surface area contributed by atoms with E-state index in [1.165, 1.54) is 12.4 Å². The van der Waals surface area contributed by atoms with Gasteiger partial charge in [0, 0.05) is 6.20 Å². The first-order chi connectivity index (χ1) is 6.13. The molecule has 1 aromatic heterocycles. The molecule has 1 atom stereocenters. The summed E-state index contributed by atoms with van der Waals surface area (Å²) < 4.78 is 13.7. The number of aliphatic carboxylic acids is 1. The number of nitriles is 1. The third-order valence-corrected chi connectivity index (χ3v) is 1.38. The highest BCUT2D eigenvalue weighted by molar-refractivity contribution is 5.71. The number of carbonyl (C=O) groups is 1. The summed E-state index contributed by atoms with van der Waals surface area (Å²) >= 11 is 0. The Labute approximate surface area is 73.0 Å². The van der Waals surface area contributed by atoms with Gasteiger partial charge in [-0.05, 0) is 0 Å². The summed E-state index contributed by atoms with van der Waals surface area (Å²) in [5, 5.41) is 20.2. The fourth-order valence-corrected chi connectivity index (χ4v) is 0.763. The van der Waals surface area contributed by atoms with Crippen molar-refractivity contribution >= 4 is 5.97 Å². The number of carboxylic acids is 1. The summed E-state index contributed by atoms with van der Waals surface area (Å²) in [5.41, 5.74) is 0.276. The van der Waals surface area contributed by atoms with Crippen molar-refractivity contribution in [3.05, 3.63) is 18.0 Å². The van der Waals surface area contributed by atoms with Crippen molar-refractivity contribution in [3.8, 4) is 6.07 Å². The normalized spacial score (nSPS) is 12.0. The van der Waals surface area contributed by atoms with Crippen LogP contribution in [-0.4, -0.2) is 27.0 Å². The summed E-state index contributed by atoms with van der Waals surface area (Å²) in [4.78, 5) is 10.1. The van der Waals surface area contributed by atoms with Gasteiger partial charge in [0.25, 0.3) is 0 Å².